The van der Waals surface area contributed by atoms with Gasteiger partial charge in [0.1, 0.15) is 17.1 Å². The number of nitrogens with one attached hydrogen (secondary N) is 1. The summed E-state index contributed by atoms with van der Waals surface area (Å²) in [6.45, 7) is 3.43. The monoisotopic (exact) mass is 343 g/mol. The highest BCUT2D eigenvalue weighted by Gasteiger charge is 2.17. The molecule has 2 aromatic carbocycles. The molecule has 0 atom stereocenters. The molecule has 25 heavy (non-hydrogen) atoms. The van der Waals surface area contributed by atoms with Gasteiger partial charge in [-0.3, -0.25) is 4.79 Å². The van der Waals surface area contributed by atoms with E-state index >= 15 is 0 Å². The summed E-state index contributed by atoms with van der Waals surface area (Å²) in [7, 11) is 2.94. The molecular formula is C19H21NO5. The first-order valence-corrected chi connectivity index (χ1v) is 7.71. The Bertz CT molecular complexity index is 785. The molecular weight excluding hydrogens is 322 g/mol. The maximum absolute atomic E-state index is 12.2. The average molecular weight is 343 g/mol. The van der Waals surface area contributed by atoms with E-state index in [0.717, 1.165) is 11.1 Å². The molecule has 0 aliphatic carbocycles. The lowest BCUT2D eigenvalue weighted by molar-refractivity contribution is -0.119. The number of rotatable bonds is 6. The van der Waals surface area contributed by atoms with Crippen LogP contribution in [0.2, 0.25) is 0 Å². The van der Waals surface area contributed by atoms with Gasteiger partial charge in [-0.15, -0.1) is 0 Å². The fraction of sp³-hybridized carbons (Fsp3) is 0.263. The molecule has 2 rings (SSSR count). The normalized spacial score (nSPS) is 10.1. The smallest absolute Gasteiger partial charge is 0.342 e. The van der Waals surface area contributed by atoms with Crippen LogP contribution in [0.4, 0.5) is 5.69 Å². The van der Waals surface area contributed by atoms with Crippen molar-refractivity contribution >= 4 is 17.6 Å². The minimum Gasteiger partial charge on any atom is -0.497 e. The summed E-state index contributed by atoms with van der Waals surface area (Å²) in [4.78, 5) is 24.3. The Morgan fingerprint density at radius 3 is 2.44 bits per heavy atom. The van der Waals surface area contributed by atoms with Crippen molar-refractivity contribution in [2.75, 3.05) is 26.1 Å². The van der Waals surface area contributed by atoms with Crippen LogP contribution in [-0.2, 0) is 9.53 Å². The predicted octanol–water partition coefficient (Wildman–Crippen LogP) is 3.12. The molecule has 0 unspecified atom stereocenters. The summed E-state index contributed by atoms with van der Waals surface area (Å²) in [5, 5.41) is 2.74. The number of benzene rings is 2. The number of methoxy groups -OCH3 is 2. The molecule has 0 bridgehead atoms. The highest BCUT2D eigenvalue weighted by molar-refractivity contribution is 5.97. The molecule has 0 saturated carbocycles. The van der Waals surface area contributed by atoms with Gasteiger partial charge in [-0.2, -0.15) is 0 Å². The maximum Gasteiger partial charge on any atom is 0.342 e. The van der Waals surface area contributed by atoms with Crippen molar-refractivity contribution < 1.29 is 23.8 Å². The molecule has 0 aliphatic heterocycles. The van der Waals surface area contributed by atoms with E-state index in [1.807, 2.05) is 32.0 Å². The molecule has 6 nitrogen and oxygen atoms in total. The molecule has 1 N–H and O–H groups in total. The molecule has 0 aromatic heterocycles. The van der Waals surface area contributed by atoms with E-state index in [2.05, 4.69) is 5.32 Å². The largest absolute Gasteiger partial charge is 0.497 e. The highest BCUT2D eigenvalue weighted by Crippen LogP contribution is 2.24. The molecule has 1 amide bonds. The molecule has 2 aromatic rings. The van der Waals surface area contributed by atoms with Gasteiger partial charge in [0.05, 0.1) is 14.2 Å². The fourth-order valence-corrected chi connectivity index (χ4v) is 2.24. The van der Waals surface area contributed by atoms with Crippen LogP contribution < -0.4 is 14.8 Å². The number of amides is 1. The van der Waals surface area contributed by atoms with Gasteiger partial charge in [-0.25, -0.2) is 4.79 Å². The van der Waals surface area contributed by atoms with Crippen molar-refractivity contribution in [1.82, 2.24) is 0 Å². The number of carbonyl (C=O) groups excluding carboxylic acids is 2. The molecule has 0 radical (unpaired) electrons. The summed E-state index contributed by atoms with van der Waals surface area (Å²) in [6, 6.07) is 10.5. The minimum absolute atomic E-state index is 0.196. The fourth-order valence-electron chi connectivity index (χ4n) is 2.24. The molecule has 0 aliphatic rings. The van der Waals surface area contributed by atoms with Gasteiger partial charge >= 0.3 is 5.97 Å². The van der Waals surface area contributed by atoms with Gasteiger partial charge < -0.3 is 19.5 Å². The molecule has 0 saturated heterocycles. The number of ether oxygens (including phenoxy) is 3. The van der Waals surface area contributed by atoms with E-state index in [0.29, 0.717) is 17.2 Å². The third-order valence-corrected chi connectivity index (χ3v) is 3.63. The highest BCUT2D eigenvalue weighted by atomic mass is 16.5. The first kappa shape index (κ1) is 18.3. The van der Waals surface area contributed by atoms with E-state index in [-0.39, 0.29) is 5.56 Å². The van der Waals surface area contributed by atoms with Crippen molar-refractivity contribution in [3.63, 3.8) is 0 Å². The van der Waals surface area contributed by atoms with Crippen LogP contribution in [0.25, 0.3) is 0 Å². The third kappa shape index (κ3) is 4.73. The summed E-state index contributed by atoms with van der Waals surface area (Å²) >= 11 is 0. The van der Waals surface area contributed by atoms with E-state index < -0.39 is 18.5 Å². The van der Waals surface area contributed by atoms with Crippen LogP contribution in [0.3, 0.4) is 0 Å². The number of anilines is 1. The lowest BCUT2D eigenvalue weighted by Gasteiger charge is -2.11. The van der Waals surface area contributed by atoms with Gasteiger partial charge in [-0.05, 0) is 49.2 Å². The lowest BCUT2D eigenvalue weighted by atomic mass is 10.1. The SMILES string of the molecule is COc1ccc(OC)c(C(=O)OCC(=O)Nc2cc(C)ccc2C)c1. The van der Waals surface area contributed by atoms with E-state index in [9.17, 15) is 9.59 Å². The van der Waals surface area contributed by atoms with Crippen LogP contribution >= 0.6 is 0 Å². The topological polar surface area (TPSA) is 73.9 Å². The van der Waals surface area contributed by atoms with Crippen molar-refractivity contribution in [3.8, 4) is 11.5 Å². The standard InChI is InChI=1S/C19H21NO5/c1-12-5-6-13(2)16(9-12)20-18(21)11-25-19(22)15-10-14(23-3)7-8-17(15)24-4/h5-10H,11H2,1-4H3,(H,20,21). The molecule has 132 valence electrons. The van der Waals surface area contributed by atoms with E-state index in [4.69, 9.17) is 14.2 Å². The maximum atomic E-state index is 12.2. The lowest BCUT2D eigenvalue weighted by Crippen LogP contribution is -2.21. The van der Waals surface area contributed by atoms with Crippen LogP contribution in [0, 0.1) is 13.8 Å². The van der Waals surface area contributed by atoms with E-state index in [1.165, 1.54) is 20.3 Å². The summed E-state index contributed by atoms with van der Waals surface area (Å²) in [5.74, 6) is -0.232. The average Bonchev–Trinajstić information content (AvgIpc) is 2.62. The van der Waals surface area contributed by atoms with Gasteiger partial charge in [-0.1, -0.05) is 12.1 Å². The Morgan fingerprint density at radius 1 is 1.00 bits per heavy atom. The number of aryl methyl sites for hydroxylation is 2. The second kappa shape index (κ2) is 8.19. The molecule has 0 spiro atoms. The van der Waals surface area contributed by atoms with Gasteiger partial charge in [0.25, 0.3) is 5.91 Å². The van der Waals surface area contributed by atoms with Crippen molar-refractivity contribution in [2.45, 2.75) is 13.8 Å². The second-order valence-corrected chi connectivity index (χ2v) is 5.51. The Hall–Kier alpha value is -3.02. The molecule has 0 fully saturated rings. The second-order valence-electron chi connectivity index (χ2n) is 5.51. The van der Waals surface area contributed by atoms with Gasteiger partial charge in [0.15, 0.2) is 6.61 Å². The van der Waals surface area contributed by atoms with Crippen molar-refractivity contribution in [2.24, 2.45) is 0 Å². The van der Waals surface area contributed by atoms with Gasteiger partial charge in [0, 0.05) is 5.69 Å². The van der Waals surface area contributed by atoms with Crippen LogP contribution in [0.5, 0.6) is 11.5 Å². The zero-order valence-corrected chi connectivity index (χ0v) is 14.7. The molecule has 0 heterocycles. The quantitative estimate of drug-likeness (QED) is 0.816. The number of carbonyl (C=O) groups is 2. The van der Waals surface area contributed by atoms with Crippen LogP contribution in [0.1, 0.15) is 21.5 Å². The summed E-state index contributed by atoms with van der Waals surface area (Å²) in [5.41, 5.74) is 2.85. The zero-order valence-electron chi connectivity index (χ0n) is 14.7. The summed E-state index contributed by atoms with van der Waals surface area (Å²) < 4.78 is 15.3. The van der Waals surface area contributed by atoms with Crippen molar-refractivity contribution in [3.05, 3.63) is 53.1 Å². The van der Waals surface area contributed by atoms with Crippen LogP contribution in [-0.4, -0.2) is 32.7 Å². The third-order valence-electron chi connectivity index (χ3n) is 3.63. The van der Waals surface area contributed by atoms with E-state index in [1.54, 1.807) is 12.1 Å². The predicted molar refractivity (Wildman–Crippen MR) is 94.4 cm³/mol. The Morgan fingerprint density at radius 2 is 1.76 bits per heavy atom. The Balaban J connectivity index is 2.02. The van der Waals surface area contributed by atoms with Crippen LogP contribution in [0.15, 0.2) is 36.4 Å². The number of esters is 1. The van der Waals surface area contributed by atoms with Gasteiger partial charge in [0.2, 0.25) is 0 Å². The number of hydrogen-bond donors (Lipinski definition) is 1. The Kier molecular flexibility index (Phi) is 6.00. The Labute approximate surface area is 146 Å². The summed E-state index contributed by atoms with van der Waals surface area (Å²) in [6.07, 6.45) is 0. The minimum atomic E-state index is -0.660. The zero-order chi connectivity index (χ0) is 18.4. The molecule has 6 heteroatoms. The first-order valence-electron chi connectivity index (χ1n) is 7.71. The first-order chi connectivity index (χ1) is 11.9. The van der Waals surface area contributed by atoms with Crippen molar-refractivity contribution in [1.29, 1.82) is 0 Å². The number of hydrogen-bond acceptors (Lipinski definition) is 5.